The van der Waals surface area contributed by atoms with E-state index in [1.807, 2.05) is 7.05 Å². The number of hydrogen-bond acceptors (Lipinski definition) is 6. The molecule has 1 aliphatic heterocycles. The highest BCUT2D eigenvalue weighted by molar-refractivity contribution is 7.85. The Bertz CT molecular complexity index is 268. The van der Waals surface area contributed by atoms with Gasteiger partial charge in [0.15, 0.2) is 0 Å². The first-order valence-electron chi connectivity index (χ1n) is 3.73. The summed E-state index contributed by atoms with van der Waals surface area (Å²) in [5.41, 5.74) is 2.76. The van der Waals surface area contributed by atoms with E-state index in [0.29, 0.717) is 6.67 Å². The van der Waals surface area contributed by atoms with E-state index in [9.17, 15) is 8.42 Å². The van der Waals surface area contributed by atoms with Crippen LogP contribution in [0.5, 0.6) is 0 Å². The van der Waals surface area contributed by atoms with Gasteiger partial charge in [0.1, 0.15) is 5.50 Å². The third-order valence-corrected chi connectivity index (χ3v) is 2.85. The van der Waals surface area contributed by atoms with Crippen molar-refractivity contribution in [2.45, 2.75) is 5.50 Å². The lowest BCUT2D eigenvalue weighted by atomic mass is 10.6. The van der Waals surface area contributed by atoms with Crippen LogP contribution < -0.4 is 5.43 Å². The van der Waals surface area contributed by atoms with Gasteiger partial charge in [-0.05, 0) is 0 Å². The molecule has 78 valence electrons. The Kier molecular flexibility index (Phi) is 3.55. The van der Waals surface area contributed by atoms with Crippen LogP contribution in [0.2, 0.25) is 0 Å². The number of nitrogens with zero attached hydrogens (tertiary/aromatic N) is 2. The lowest BCUT2D eigenvalue weighted by Crippen LogP contribution is -2.34. The van der Waals surface area contributed by atoms with Gasteiger partial charge in [-0.15, -0.1) is 12.6 Å². The van der Waals surface area contributed by atoms with Crippen molar-refractivity contribution in [3.05, 3.63) is 0 Å². The molecule has 1 heterocycles. The van der Waals surface area contributed by atoms with E-state index < -0.39 is 10.1 Å². The van der Waals surface area contributed by atoms with Gasteiger partial charge in [-0.25, -0.2) is 10.4 Å². The second kappa shape index (κ2) is 4.11. The first-order valence-corrected chi connectivity index (χ1v) is 5.85. The summed E-state index contributed by atoms with van der Waals surface area (Å²) in [5, 5.41) is 1.79. The highest BCUT2D eigenvalue weighted by atomic mass is 32.2. The predicted octanol–water partition coefficient (Wildman–Crippen LogP) is -1.20. The molecular formula is C5H13N3O3S2. The molecule has 1 aliphatic rings. The maximum absolute atomic E-state index is 10.4. The van der Waals surface area contributed by atoms with E-state index in [0.717, 1.165) is 0 Å². The molecule has 0 amide bonds. The normalized spacial score (nSPS) is 26.8. The van der Waals surface area contributed by atoms with E-state index in [-0.39, 0.29) is 17.8 Å². The fraction of sp³-hybridized carbons (Fsp3) is 1.00. The zero-order valence-electron chi connectivity index (χ0n) is 7.21. The van der Waals surface area contributed by atoms with Crippen LogP contribution >= 0.6 is 12.6 Å². The quantitative estimate of drug-likeness (QED) is 0.415. The van der Waals surface area contributed by atoms with Crippen LogP contribution in [0.25, 0.3) is 0 Å². The molecule has 0 radical (unpaired) electrons. The Hall–Kier alpha value is 0.140. The van der Waals surface area contributed by atoms with Gasteiger partial charge >= 0.3 is 0 Å². The van der Waals surface area contributed by atoms with E-state index in [1.165, 1.54) is 0 Å². The van der Waals surface area contributed by atoms with Gasteiger partial charge in [0, 0.05) is 13.6 Å². The summed E-state index contributed by atoms with van der Waals surface area (Å²) in [7, 11) is -2.04. The fourth-order valence-corrected chi connectivity index (χ4v) is 1.95. The summed E-state index contributed by atoms with van der Waals surface area (Å²) in [6, 6.07) is 0. The van der Waals surface area contributed by atoms with Crippen LogP contribution in [-0.4, -0.2) is 54.4 Å². The van der Waals surface area contributed by atoms with Crippen molar-refractivity contribution in [3.8, 4) is 0 Å². The number of hydrogen-bond donors (Lipinski definition) is 3. The lowest BCUT2D eigenvalue weighted by Gasteiger charge is -2.16. The van der Waals surface area contributed by atoms with Gasteiger partial charge in [-0.2, -0.15) is 8.42 Å². The van der Waals surface area contributed by atoms with Gasteiger partial charge in [-0.1, -0.05) is 0 Å². The van der Waals surface area contributed by atoms with Crippen LogP contribution in [0.3, 0.4) is 0 Å². The van der Waals surface area contributed by atoms with Crippen molar-refractivity contribution < 1.29 is 13.0 Å². The SMILES string of the molecule is CN1CN(CCS(=O)(=O)O)C(S)N1. The second-order valence-electron chi connectivity index (χ2n) is 2.94. The molecule has 1 rings (SSSR count). The Morgan fingerprint density at radius 2 is 2.31 bits per heavy atom. The Balaban J connectivity index is 2.38. The van der Waals surface area contributed by atoms with Crippen molar-refractivity contribution in [1.82, 2.24) is 15.3 Å². The zero-order valence-corrected chi connectivity index (χ0v) is 8.92. The standard InChI is InChI=1S/C5H13N3O3S2/c1-7-4-8(5(12)6-7)2-3-13(9,10)11/h5-6,12H,2-4H2,1H3,(H,9,10,11). The van der Waals surface area contributed by atoms with Gasteiger partial charge in [0.05, 0.1) is 12.4 Å². The Morgan fingerprint density at radius 1 is 1.69 bits per heavy atom. The van der Waals surface area contributed by atoms with Crippen LogP contribution in [0, 0.1) is 0 Å². The second-order valence-corrected chi connectivity index (χ2v) is 5.00. The fourth-order valence-electron chi connectivity index (χ4n) is 1.10. The van der Waals surface area contributed by atoms with Crippen molar-refractivity contribution >= 4 is 22.7 Å². The molecule has 0 aromatic carbocycles. The van der Waals surface area contributed by atoms with Gasteiger partial charge < -0.3 is 0 Å². The minimum atomic E-state index is -3.87. The number of hydrazine groups is 1. The molecule has 13 heavy (non-hydrogen) atoms. The molecule has 1 atom stereocenters. The first kappa shape index (κ1) is 11.2. The minimum absolute atomic E-state index is 0.188. The molecule has 0 aromatic rings. The number of nitrogens with one attached hydrogen (secondary N) is 1. The zero-order chi connectivity index (χ0) is 10.1. The maximum atomic E-state index is 10.4. The average molecular weight is 227 g/mol. The van der Waals surface area contributed by atoms with Gasteiger partial charge in [0.2, 0.25) is 0 Å². The van der Waals surface area contributed by atoms with Crippen LogP contribution in [0.4, 0.5) is 0 Å². The molecule has 0 spiro atoms. The molecule has 0 aromatic heterocycles. The molecule has 1 fully saturated rings. The maximum Gasteiger partial charge on any atom is 0.266 e. The molecule has 0 saturated carbocycles. The minimum Gasteiger partial charge on any atom is -0.286 e. The van der Waals surface area contributed by atoms with E-state index >= 15 is 0 Å². The number of thiol groups is 1. The molecule has 8 heteroatoms. The smallest absolute Gasteiger partial charge is 0.266 e. The molecule has 6 nitrogen and oxygen atoms in total. The molecule has 2 N–H and O–H groups in total. The average Bonchev–Trinajstić information content (AvgIpc) is 2.24. The van der Waals surface area contributed by atoms with E-state index in [2.05, 4.69) is 18.1 Å². The Morgan fingerprint density at radius 3 is 2.69 bits per heavy atom. The largest absolute Gasteiger partial charge is 0.286 e. The third-order valence-electron chi connectivity index (χ3n) is 1.71. The monoisotopic (exact) mass is 227 g/mol. The Labute approximate surface area is 83.0 Å². The van der Waals surface area contributed by atoms with E-state index in [4.69, 9.17) is 4.55 Å². The predicted molar refractivity (Wildman–Crippen MR) is 51.7 cm³/mol. The summed E-state index contributed by atoms with van der Waals surface area (Å²) in [4.78, 5) is 1.79. The molecular weight excluding hydrogens is 214 g/mol. The van der Waals surface area contributed by atoms with Crippen LogP contribution in [0.1, 0.15) is 0 Å². The highest BCUT2D eigenvalue weighted by Crippen LogP contribution is 2.08. The highest BCUT2D eigenvalue weighted by Gasteiger charge is 2.25. The lowest BCUT2D eigenvalue weighted by molar-refractivity contribution is 0.264. The topological polar surface area (TPSA) is 72.9 Å². The van der Waals surface area contributed by atoms with Crippen LogP contribution in [-0.2, 0) is 10.1 Å². The van der Waals surface area contributed by atoms with Crippen molar-refractivity contribution in [3.63, 3.8) is 0 Å². The molecule has 0 aliphatic carbocycles. The van der Waals surface area contributed by atoms with Gasteiger partial charge in [0.25, 0.3) is 10.1 Å². The third kappa shape index (κ3) is 3.79. The molecule has 0 bridgehead atoms. The van der Waals surface area contributed by atoms with Crippen molar-refractivity contribution in [2.75, 3.05) is 26.0 Å². The summed E-state index contributed by atoms with van der Waals surface area (Å²) in [5.74, 6) is -0.264. The summed E-state index contributed by atoms with van der Waals surface area (Å²) >= 11 is 4.17. The van der Waals surface area contributed by atoms with Gasteiger partial charge in [-0.3, -0.25) is 9.45 Å². The first-order chi connectivity index (χ1) is 5.88. The molecule has 1 saturated heterocycles. The van der Waals surface area contributed by atoms with Crippen molar-refractivity contribution in [2.24, 2.45) is 0 Å². The summed E-state index contributed by atoms with van der Waals surface area (Å²) < 4.78 is 29.4. The summed E-state index contributed by atoms with van der Waals surface area (Å²) in [6.07, 6.45) is 0. The number of rotatable bonds is 3. The molecule has 1 unspecified atom stereocenters. The van der Waals surface area contributed by atoms with Crippen molar-refractivity contribution in [1.29, 1.82) is 0 Å². The summed E-state index contributed by atoms with van der Waals surface area (Å²) in [6.45, 7) is 0.855. The van der Waals surface area contributed by atoms with Crippen LogP contribution in [0.15, 0.2) is 0 Å². The van der Waals surface area contributed by atoms with E-state index in [1.54, 1.807) is 9.91 Å².